The van der Waals surface area contributed by atoms with Crippen molar-refractivity contribution in [3.05, 3.63) is 89.8 Å². The fourth-order valence-corrected chi connectivity index (χ4v) is 7.39. The van der Waals surface area contributed by atoms with Crippen LogP contribution in [0.5, 0.6) is 0 Å². The number of hydrogen-bond acceptors (Lipinski definition) is 3. The summed E-state index contributed by atoms with van der Waals surface area (Å²) in [6, 6.07) is 23.7. The number of ketones is 1. The predicted molar refractivity (Wildman–Crippen MR) is 165 cm³/mol. The Kier molecular flexibility index (Phi) is 8.13. The third kappa shape index (κ3) is 5.38. The van der Waals surface area contributed by atoms with Crippen molar-refractivity contribution in [1.29, 1.82) is 0 Å². The van der Waals surface area contributed by atoms with E-state index in [1.54, 1.807) is 0 Å². The molecule has 0 atom stereocenters. The monoisotopic (exact) mass is 775 g/mol. The quantitative estimate of drug-likeness (QED) is 0.0803. The predicted octanol–water partition coefficient (Wildman–Crippen LogP) is 8.79. The Labute approximate surface area is 256 Å². The maximum atomic E-state index is 11.5. The van der Waals surface area contributed by atoms with Gasteiger partial charge in [-0.05, 0) is 0 Å². The van der Waals surface area contributed by atoms with Gasteiger partial charge in [0, 0.05) is 37.0 Å². The SMILES string of the molecule is CC(C)(C)C(=O)/C=C(\O)C(C)(C)C.CC1(C)c2cc3ccccc3[c-]c2-c2nccc3[se]c4cccc1c4c23.[Ir]. The fraction of sp³-hybridized carbons (Fsp3) is 0.314. The summed E-state index contributed by atoms with van der Waals surface area (Å²) in [5.41, 5.74) is 4.19. The first-order chi connectivity index (χ1) is 18.2. The minimum atomic E-state index is -0.417. The molecular formula is C35H36IrNO2Se-. The minimum Gasteiger partial charge on any atom is 0 e. The number of benzene rings is 3. The van der Waals surface area contributed by atoms with E-state index in [4.69, 9.17) is 4.98 Å². The van der Waals surface area contributed by atoms with Crippen molar-refractivity contribution in [1.82, 2.24) is 4.98 Å². The summed E-state index contributed by atoms with van der Waals surface area (Å²) < 4.78 is 2.94. The maximum absolute atomic E-state index is 11.5. The van der Waals surface area contributed by atoms with Gasteiger partial charge in [-0.3, -0.25) is 4.79 Å². The number of aliphatic hydroxyl groups excluding tert-OH is 1. The van der Waals surface area contributed by atoms with Crippen LogP contribution < -0.4 is 0 Å². The van der Waals surface area contributed by atoms with Crippen molar-refractivity contribution in [2.24, 2.45) is 10.8 Å². The molecule has 0 fully saturated rings. The number of nitrogens with zero attached hydrogens (tertiary/aromatic N) is 1. The van der Waals surface area contributed by atoms with E-state index < -0.39 is 5.41 Å². The summed E-state index contributed by atoms with van der Waals surface area (Å²) in [6.45, 7) is 15.8. The van der Waals surface area contributed by atoms with E-state index in [9.17, 15) is 9.90 Å². The van der Waals surface area contributed by atoms with E-state index in [-0.39, 0.29) is 42.5 Å². The molecule has 0 saturated carbocycles. The van der Waals surface area contributed by atoms with Crippen LogP contribution in [0.15, 0.2) is 72.6 Å². The van der Waals surface area contributed by atoms with Gasteiger partial charge in [0.25, 0.3) is 0 Å². The second kappa shape index (κ2) is 10.7. The molecule has 2 heterocycles. The van der Waals surface area contributed by atoms with Crippen molar-refractivity contribution >= 4 is 50.4 Å². The molecule has 0 amide bonds. The summed E-state index contributed by atoms with van der Waals surface area (Å²) in [7, 11) is 0. The average Bonchev–Trinajstić information content (AvgIpc) is 3.22. The Morgan fingerprint density at radius 1 is 0.900 bits per heavy atom. The molecule has 0 saturated heterocycles. The van der Waals surface area contributed by atoms with Crippen LogP contribution in [-0.2, 0) is 30.3 Å². The molecule has 2 aromatic heterocycles. The topological polar surface area (TPSA) is 50.2 Å². The van der Waals surface area contributed by atoms with Crippen LogP contribution >= 0.6 is 0 Å². The molecule has 1 N–H and O–H groups in total. The maximum Gasteiger partial charge on any atom is 0 e. The van der Waals surface area contributed by atoms with E-state index >= 15 is 0 Å². The zero-order chi connectivity index (χ0) is 28.3. The van der Waals surface area contributed by atoms with Gasteiger partial charge in [0.15, 0.2) is 5.78 Å². The van der Waals surface area contributed by atoms with E-state index in [0.29, 0.717) is 14.5 Å². The molecule has 40 heavy (non-hydrogen) atoms. The number of hydrogen-bond donors (Lipinski definition) is 1. The van der Waals surface area contributed by atoms with Gasteiger partial charge in [-0.1, -0.05) is 41.5 Å². The van der Waals surface area contributed by atoms with Crippen LogP contribution in [0.1, 0.15) is 66.5 Å². The summed E-state index contributed by atoms with van der Waals surface area (Å²) in [4.78, 5) is 16.4. The molecule has 5 aromatic rings. The van der Waals surface area contributed by atoms with Crippen LogP contribution in [0.2, 0.25) is 0 Å². The van der Waals surface area contributed by atoms with Crippen LogP contribution in [0.4, 0.5) is 0 Å². The van der Waals surface area contributed by atoms with Gasteiger partial charge in [0.2, 0.25) is 0 Å². The zero-order valence-corrected chi connectivity index (χ0v) is 28.5. The molecule has 0 aliphatic heterocycles. The van der Waals surface area contributed by atoms with Gasteiger partial charge in [-0.15, -0.1) is 0 Å². The normalized spacial score (nSPS) is 14.3. The standard InChI is InChI=1S/C24H16NSe.C11H20O2.Ir/c1-24(2)17-8-5-9-19-21(17)22-20(26-19)10-11-25-23(22)16-12-14-6-3-4-7-15(14)13-18(16)24;1-10(2,3)8(12)7-9(13)11(4,5)6;/h3-11,13H,1-2H3;7,12H,1-6H3;/q-1;;/b;8-7-;. The largest absolute Gasteiger partial charge is 0 e. The molecule has 0 spiro atoms. The smallest absolute Gasteiger partial charge is 0 e. The molecule has 0 bridgehead atoms. The van der Waals surface area contributed by atoms with Gasteiger partial charge < -0.3 is 5.11 Å². The van der Waals surface area contributed by atoms with Crippen molar-refractivity contribution in [3.63, 3.8) is 0 Å². The van der Waals surface area contributed by atoms with Crippen molar-refractivity contribution in [2.45, 2.75) is 60.8 Å². The average molecular weight is 774 g/mol. The van der Waals surface area contributed by atoms with Gasteiger partial charge in [0.1, 0.15) is 5.76 Å². The second-order valence-corrected chi connectivity index (χ2v) is 15.3. The van der Waals surface area contributed by atoms with Gasteiger partial charge in [0.05, 0.1) is 0 Å². The van der Waals surface area contributed by atoms with Crippen LogP contribution in [0.25, 0.3) is 41.3 Å². The summed E-state index contributed by atoms with van der Waals surface area (Å²) in [6.07, 6.45) is 3.31. The molecule has 3 aromatic carbocycles. The third-order valence-corrected chi connectivity index (χ3v) is 9.91. The third-order valence-electron chi connectivity index (χ3n) is 7.56. The van der Waals surface area contributed by atoms with Gasteiger partial charge >= 0.3 is 158 Å². The molecule has 5 heteroatoms. The van der Waals surface area contributed by atoms with Crippen LogP contribution in [-0.4, -0.2) is 30.4 Å². The Balaban J connectivity index is 0.000000229. The zero-order valence-electron chi connectivity index (χ0n) is 24.4. The Hall–Kier alpha value is -2.55. The second-order valence-electron chi connectivity index (χ2n) is 13.0. The van der Waals surface area contributed by atoms with Gasteiger partial charge in [-0.25, -0.2) is 0 Å². The first-order valence-corrected chi connectivity index (χ1v) is 15.1. The Morgan fingerprint density at radius 3 is 2.25 bits per heavy atom. The summed E-state index contributed by atoms with van der Waals surface area (Å²) in [5, 5.41) is 14.8. The molecule has 1 aliphatic carbocycles. The number of aromatic nitrogens is 1. The van der Waals surface area contributed by atoms with Crippen LogP contribution in [0, 0.1) is 16.9 Å². The number of rotatable bonds is 1. The molecule has 0 unspecified atom stereocenters. The van der Waals surface area contributed by atoms with E-state index in [1.807, 2.05) is 47.7 Å². The summed E-state index contributed by atoms with van der Waals surface area (Å²) >= 11 is 0.364. The number of aliphatic hydroxyl groups is 1. The first-order valence-electron chi connectivity index (χ1n) is 13.4. The number of fused-ring (bicyclic) bond motifs is 3. The fourth-order valence-electron chi connectivity index (χ4n) is 5.02. The van der Waals surface area contributed by atoms with Crippen molar-refractivity contribution < 1.29 is 30.0 Å². The van der Waals surface area contributed by atoms with Gasteiger partial charge in [-0.2, -0.15) is 0 Å². The number of pyridine rings is 1. The van der Waals surface area contributed by atoms with E-state index in [0.717, 1.165) is 11.1 Å². The van der Waals surface area contributed by atoms with Crippen molar-refractivity contribution in [2.75, 3.05) is 0 Å². The molecule has 1 radical (unpaired) electrons. The molecular weight excluding hydrogens is 738 g/mol. The Bertz CT molecular complexity index is 1780. The number of allylic oxidation sites excluding steroid dienone is 2. The molecule has 1 aliphatic rings. The van der Waals surface area contributed by atoms with Crippen LogP contribution in [0.3, 0.4) is 0 Å². The van der Waals surface area contributed by atoms with E-state index in [2.05, 4.69) is 74.5 Å². The Morgan fingerprint density at radius 2 is 1.57 bits per heavy atom. The molecule has 209 valence electrons. The summed E-state index contributed by atoms with van der Waals surface area (Å²) in [5.74, 6) is 0.104. The van der Waals surface area contributed by atoms with E-state index in [1.165, 1.54) is 47.4 Å². The van der Waals surface area contributed by atoms with Crippen molar-refractivity contribution in [3.8, 4) is 11.3 Å². The number of carbonyl (C=O) groups is 1. The minimum absolute atomic E-state index is 0. The molecule has 3 nitrogen and oxygen atoms in total. The molecule has 6 rings (SSSR count). The first kappa shape index (κ1) is 30.4. The number of carbonyl (C=O) groups excluding carboxylic acids is 1.